The molecule has 0 spiro atoms. The van der Waals surface area contributed by atoms with Gasteiger partial charge < -0.3 is 24.6 Å². The Morgan fingerprint density at radius 3 is 2.59 bits per heavy atom. The molecule has 1 saturated carbocycles. The molecule has 1 aliphatic rings. The number of amides is 1. The molecule has 0 radical (unpaired) electrons. The molecule has 1 aromatic carbocycles. The highest BCUT2D eigenvalue weighted by molar-refractivity contribution is 5.79. The minimum Gasteiger partial charge on any atom is -0.493 e. The summed E-state index contributed by atoms with van der Waals surface area (Å²) in [5.41, 5.74) is 0.634. The van der Waals surface area contributed by atoms with Crippen LogP contribution in [0.15, 0.2) is 18.2 Å². The first kappa shape index (κ1) is 21.0. The average molecular weight is 379 g/mol. The summed E-state index contributed by atoms with van der Waals surface area (Å²) in [4.78, 5) is 23.6. The normalized spacial score (nSPS) is 20.6. The predicted molar refractivity (Wildman–Crippen MR) is 100 cm³/mol. The fourth-order valence-electron chi connectivity index (χ4n) is 3.46. The topological polar surface area (TPSA) is 94.1 Å². The van der Waals surface area contributed by atoms with Crippen molar-refractivity contribution in [2.24, 2.45) is 5.92 Å². The fourth-order valence-corrected chi connectivity index (χ4v) is 3.46. The van der Waals surface area contributed by atoms with Crippen molar-refractivity contribution in [2.45, 2.75) is 51.2 Å². The number of hydrogen-bond donors (Lipinski definition) is 2. The smallest absolute Gasteiger partial charge is 0.305 e. The van der Waals surface area contributed by atoms with Crippen LogP contribution in [0.5, 0.6) is 11.5 Å². The molecule has 1 aromatic rings. The first-order chi connectivity index (χ1) is 12.9. The van der Waals surface area contributed by atoms with Crippen molar-refractivity contribution in [1.82, 2.24) is 5.32 Å². The number of carbonyl (C=O) groups is 2. The molecule has 7 nitrogen and oxygen atoms in total. The predicted octanol–water partition coefficient (Wildman–Crippen LogP) is 2.93. The summed E-state index contributed by atoms with van der Waals surface area (Å²) in [6, 6.07) is 4.41. The van der Waals surface area contributed by atoms with Crippen LogP contribution in [-0.4, -0.2) is 43.9 Å². The van der Waals surface area contributed by atoms with Crippen LogP contribution >= 0.6 is 0 Å². The summed E-state index contributed by atoms with van der Waals surface area (Å²) in [5, 5.41) is 12.0. The highest BCUT2D eigenvalue weighted by atomic mass is 16.5. The second kappa shape index (κ2) is 10.2. The van der Waals surface area contributed by atoms with E-state index in [0.29, 0.717) is 23.0 Å². The second-order valence-electron chi connectivity index (χ2n) is 7.04. The molecule has 0 saturated heterocycles. The SMILES string of the molecule is COc1ccc([C@H](CC(=O)O)NC(=O)CO[C@H]2CCC[C@H](C)C2)cc1OC. The second-order valence-corrected chi connectivity index (χ2v) is 7.04. The largest absolute Gasteiger partial charge is 0.493 e. The van der Waals surface area contributed by atoms with Crippen molar-refractivity contribution >= 4 is 11.9 Å². The van der Waals surface area contributed by atoms with Gasteiger partial charge >= 0.3 is 5.97 Å². The first-order valence-corrected chi connectivity index (χ1v) is 9.27. The van der Waals surface area contributed by atoms with Gasteiger partial charge in [0, 0.05) is 0 Å². The Bertz CT molecular complexity index is 647. The van der Waals surface area contributed by atoms with Crippen LogP contribution in [0.3, 0.4) is 0 Å². The van der Waals surface area contributed by atoms with Gasteiger partial charge in [0.2, 0.25) is 5.91 Å². The average Bonchev–Trinajstić information content (AvgIpc) is 2.65. The van der Waals surface area contributed by atoms with Crippen LogP contribution in [0.2, 0.25) is 0 Å². The van der Waals surface area contributed by atoms with E-state index in [0.717, 1.165) is 19.3 Å². The number of ether oxygens (including phenoxy) is 3. The van der Waals surface area contributed by atoms with E-state index in [1.54, 1.807) is 18.2 Å². The number of carboxylic acids is 1. The van der Waals surface area contributed by atoms with E-state index >= 15 is 0 Å². The molecule has 0 aliphatic heterocycles. The number of carbonyl (C=O) groups excluding carboxylic acids is 1. The lowest BCUT2D eigenvalue weighted by molar-refractivity contribution is -0.138. The zero-order chi connectivity index (χ0) is 19.8. The maximum absolute atomic E-state index is 12.3. The maximum atomic E-state index is 12.3. The van der Waals surface area contributed by atoms with E-state index in [9.17, 15) is 14.7 Å². The van der Waals surface area contributed by atoms with Crippen molar-refractivity contribution in [1.29, 1.82) is 0 Å². The van der Waals surface area contributed by atoms with Crippen LogP contribution in [0.25, 0.3) is 0 Å². The van der Waals surface area contributed by atoms with Gasteiger partial charge in [-0.25, -0.2) is 0 Å². The van der Waals surface area contributed by atoms with Crippen molar-refractivity contribution < 1.29 is 28.9 Å². The number of methoxy groups -OCH3 is 2. The summed E-state index contributed by atoms with van der Waals surface area (Å²) >= 11 is 0. The van der Waals surface area contributed by atoms with E-state index in [4.69, 9.17) is 14.2 Å². The van der Waals surface area contributed by atoms with Gasteiger partial charge in [0.05, 0.1) is 32.8 Å². The summed E-state index contributed by atoms with van der Waals surface area (Å²) in [6.45, 7) is 2.12. The van der Waals surface area contributed by atoms with Crippen LogP contribution < -0.4 is 14.8 Å². The third-order valence-electron chi connectivity index (χ3n) is 4.86. The molecule has 0 unspecified atom stereocenters. The van der Waals surface area contributed by atoms with Gasteiger partial charge in [-0.3, -0.25) is 9.59 Å². The standard InChI is InChI=1S/C20H29NO6/c1-13-5-4-6-15(9-13)27-12-19(22)21-16(11-20(23)24)14-7-8-17(25-2)18(10-14)26-3/h7-8,10,13,15-16H,4-6,9,11-12H2,1-3H3,(H,21,22)(H,23,24)/t13-,15-,16-/m0/s1. The third-order valence-corrected chi connectivity index (χ3v) is 4.86. The number of benzene rings is 1. The Kier molecular flexibility index (Phi) is 7.91. The summed E-state index contributed by atoms with van der Waals surface area (Å²) in [6.07, 6.45) is 4.10. The molecule has 27 heavy (non-hydrogen) atoms. The minimum atomic E-state index is -1.00. The Labute approximate surface area is 160 Å². The molecule has 1 amide bonds. The lowest BCUT2D eigenvalue weighted by atomic mass is 9.89. The Morgan fingerprint density at radius 2 is 1.96 bits per heavy atom. The molecule has 3 atom stereocenters. The molecule has 2 rings (SSSR count). The van der Waals surface area contributed by atoms with Crippen molar-refractivity contribution in [3.05, 3.63) is 23.8 Å². The van der Waals surface area contributed by atoms with Crippen molar-refractivity contribution in [3.63, 3.8) is 0 Å². The van der Waals surface area contributed by atoms with Crippen LogP contribution in [0.4, 0.5) is 0 Å². The fraction of sp³-hybridized carbons (Fsp3) is 0.600. The van der Waals surface area contributed by atoms with E-state index < -0.39 is 12.0 Å². The molecule has 150 valence electrons. The van der Waals surface area contributed by atoms with E-state index in [2.05, 4.69) is 12.2 Å². The summed E-state index contributed by atoms with van der Waals surface area (Å²) < 4.78 is 16.2. The Balaban J connectivity index is 2.01. The first-order valence-electron chi connectivity index (χ1n) is 9.27. The number of nitrogens with one attached hydrogen (secondary N) is 1. The number of rotatable bonds is 9. The Hall–Kier alpha value is -2.28. The quantitative estimate of drug-likeness (QED) is 0.685. The van der Waals surface area contributed by atoms with E-state index in [-0.39, 0.29) is 25.0 Å². The molecule has 1 aliphatic carbocycles. The zero-order valence-electron chi connectivity index (χ0n) is 16.2. The van der Waals surface area contributed by atoms with Gasteiger partial charge in [0.25, 0.3) is 0 Å². The lowest BCUT2D eigenvalue weighted by Gasteiger charge is -2.27. The molecule has 0 bridgehead atoms. The van der Waals surface area contributed by atoms with E-state index in [1.165, 1.54) is 20.6 Å². The Morgan fingerprint density at radius 1 is 1.22 bits per heavy atom. The van der Waals surface area contributed by atoms with Crippen molar-refractivity contribution in [2.75, 3.05) is 20.8 Å². The minimum absolute atomic E-state index is 0.0687. The van der Waals surface area contributed by atoms with Gasteiger partial charge in [0.1, 0.15) is 6.61 Å². The monoisotopic (exact) mass is 379 g/mol. The summed E-state index contributed by atoms with van der Waals surface area (Å²) in [5.74, 6) is 0.299. The van der Waals surface area contributed by atoms with Gasteiger partial charge in [-0.05, 0) is 36.5 Å². The molecule has 0 aromatic heterocycles. The summed E-state index contributed by atoms with van der Waals surface area (Å²) in [7, 11) is 3.03. The molecule has 1 fully saturated rings. The van der Waals surface area contributed by atoms with E-state index in [1.807, 2.05) is 0 Å². The van der Waals surface area contributed by atoms with Gasteiger partial charge in [-0.1, -0.05) is 25.8 Å². The van der Waals surface area contributed by atoms with Crippen LogP contribution in [0, 0.1) is 5.92 Å². The van der Waals surface area contributed by atoms with Gasteiger partial charge in [0.15, 0.2) is 11.5 Å². The third kappa shape index (κ3) is 6.43. The molecule has 2 N–H and O–H groups in total. The number of hydrogen-bond acceptors (Lipinski definition) is 5. The number of carboxylic acid groups (broad SMARTS) is 1. The zero-order valence-corrected chi connectivity index (χ0v) is 16.2. The molecular formula is C20H29NO6. The van der Waals surface area contributed by atoms with Gasteiger partial charge in [-0.15, -0.1) is 0 Å². The van der Waals surface area contributed by atoms with Gasteiger partial charge in [-0.2, -0.15) is 0 Å². The van der Waals surface area contributed by atoms with Crippen LogP contribution in [-0.2, 0) is 14.3 Å². The lowest BCUT2D eigenvalue weighted by Crippen LogP contribution is -2.35. The van der Waals surface area contributed by atoms with Crippen LogP contribution in [0.1, 0.15) is 50.6 Å². The highest BCUT2D eigenvalue weighted by Gasteiger charge is 2.23. The molecule has 0 heterocycles. The van der Waals surface area contributed by atoms with Crippen molar-refractivity contribution in [3.8, 4) is 11.5 Å². The number of aliphatic carboxylic acids is 1. The molecular weight excluding hydrogens is 350 g/mol. The molecule has 7 heteroatoms. The maximum Gasteiger partial charge on any atom is 0.305 e. The highest BCUT2D eigenvalue weighted by Crippen LogP contribution is 2.31.